The summed E-state index contributed by atoms with van der Waals surface area (Å²) in [6.45, 7) is 5.35. The molecule has 1 aliphatic rings. The second kappa shape index (κ2) is 11.1. The van der Waals surface area contributed by atoms with Crippen molar-refractivity contribution in [3.05, 3.63) is 95.1 Å². The number of nitrogens with zero attached hydrogens (tertiary/aromatic N) is 1. The summed E-state index contributed by atoms with van der Waals surface area (Å²) in [6.07, 6.45) is 1.02. The monoisotopic (exact) mass is 492 g/mol. The lowest BCUT2D eigenvalue weighted by Gasteiger charge is -2.31. The third kappa shape index (κ3) is 6.29. The summed E-state index contributed by atoms with van der Waals surface area (Å²) >= 11 is 0. The highest BCUT2D eigenvalue weighted by atomic mass is 32.2. The van der Waals surface area contributed by atoms with Crippen LogP contribution < -0.4 is 10.1 Å². The average molecular weight is 493 g/mol. The number of sulfonamides is 1. The van der Waals surface area contributed by atoms with Gasteiger partial charge in [0, 0.05) is 25.6 Å². The van der Waals surface area contributed by atoms with Crippen LogP contribution in [0.15, 0.2) is 77.7 Å². The summed E-state index contributed by atoms with van der Waals surface area (Å²) in [7, 11) is -3.56. The summed E-state index contributed by atoms with van der Waals surface area (Å²) in [6, 6.07) is 23.1. The normalized spacial score (nSPS) is 15.0. The van der Waals surface area contributed by atoms with Crippen LogP contribution in [-0.4, -0.2) is 31.7 Å². The molecule has 7 heteroatoms. The Morgan fingerprint density at radius 1 is 0.943 bits per heavy atom. The van der Waals surface area contributed by atoms with Gasteiger partial charge in [-0.25, -0.2) is 8.42 Å². The van der Waals surface area contributed by atoms with Gasteiger partial charge in [-0.15, -0.1) is 0 Å². The number of piperidine rings is 1. The van der Waals surface area contributed by atoms with Gasteiger partial charge in [0.25, 0.3) is 0 Å². The van der Waals surface area contributed by atoms with Crippen molar-refractivity contribution in [2.45, 2.75) is 44.7 Å². The molecule has 184 valence electrons. The van der Waals surface area contributed by atoms with E-state index in [1.807, 2.05) is 80.6 Å². The number of hydrogen-bond donors (Lipinski definition) is 1. The first-order valence-electron chi connectivity index (χ1n) is 11.9. The van der Waals surface area contributed by atoms with Crippen LogP contribution in [0.3, 0.4) is 0 Å². The standard InChI is InChI=1S/C28H32N2O4S/c1-21-11-12-27(22(2)17-21)35(32,33)30-15-13-25(14-16-30)28(31)29-19-24-9-6-10-26(18-24)34-20-23-7-4-3-5-8-23/h3-12,17-18,25H,13-16,19-20H2,1-2H3,(H,29,31). The highest BCUT2D eigenvalue weighted by Gasteiger charge is 2.32. The van der Waals surface area contributed by atoms with Crippen LogP contribution in [-0.2, 0) is 28.0 Å². The summed E-state index contributed by atoms with van der Waals surface area (Å²) < 4.78 is 33.6. The first-order chi connectivity index (χ1) is 16.8. The highest BCUT2D eigenvalue weighted by molar-refractivity contribution is 7.89. The van der Waals surface area contributed by atoms with E-state index in [1.54, 1.807) is 6.07 Å². The minimum Gasteiger partial charge on any atom is -0.489 e. The summed E-state index contributed by atoms with van der Waals surface area (Å²) in [5.41, 5.74) is 3.83. The van der Waals surface area contributed by atoms with E-state index in [9.17, 15) is 13.2 Å². The van der Waals surface area contributed by atoms with Crippen LogP contribution in [0.25, 0.3) is 0 Å². The Bertz CT molecular complexity index is 1270. The van der Waals surface area contributed by atoms with Crippen molar-refractivity contribution < 1.29 is 17.9 Å². The maximum Gasteiger partial charge on any atom is 0.243 e. The number of amides is 1. The molecule has 1 fully saturated rings. The predicted molar refractivity (Wildman–Crippen MR) is 136 cm³/mol. The van der Waals surface area contributed by atoms with E-state index in [-0.39, 0.29) is 11.8 Å². The maximum atomic E-state index is 13.1. The van der Waals surface area contributed by atoms with Crippen molar-refractivity contribution in [1.82, 2.24) is 9.62 Å². The Kier molecular flexibility index (Phi) is 7.88. The zero-order chi connectivity index (χ0) is 24.8. The maximum absolute atomic E-state index is 13.1. The fourth-order valence-corrected chi connectivity index (χ4v) is 6.08. The molecule has 0 aromatic heterocycles. The van der Waals surface area contributed by atoms with E-state index in [4.69, 9.17) is 4.74 Å². The van der Waals surface area contributed by atoms with Crippen molar-refractivity contribution in [2.24, 2.45) is 5.92 Å². The van der Waals surface area contributed by atoms with Crippen molar-refractivity contribution in [3.8, 4) is 5.75 Å². The van der Waals surface area contributed by atoms with Crippen LogP contribution in [0.1, 0.15) is 35.1 Å². The van der Waals surface area contributed by atoms with E-state index in [0.29, 0.717) is 44.0 Å². The number of ether oxygens (including phenoxy) is 1. The fourth-order valence-electron chi connectivity index (χ4n) is 4.41. The minimum atomic E-state index is -3.56. The molecule has 0 aliphatic carbocycles. The number of nitrogens with one attached hydrogen (secondary N) is 1. The molecule has 3 aromatic carbocycles. The lowest BCUT2D eigenvalue weighted by atomic mass is 9.97. The number of carbonyl (C=O) groups excluding carboxylic acids is 1. The lowest BCUT2D eigenvalue weighted by Crippen LogP contribution is -2.43. The predicted octanol–water partition coefficient (Wildman–Crippen LogP) is 4.60. The first-order valence-corrected chi connectivity index (χ1v) is 13.4. The molecule has 0 radical (unpaired) electrons. The van der Waals surface area contributed by atoms with Gasteiger partial charge in [-0.2, -0.15) is 4.31 Å². The Morgan fingerprint density at radius 2 is 1.66 bits per heavy atom. The first kappa shape index (κ1) is 24.9. The van der Waals surface area contributed by atoms with Gasteiger partial charge in [0.15, 0.2) is 0 Å². The van der Waals surface area contributed by atoms with Crippen LogP contribution in [0.2, 0.25) is 0 Å². The number of hydrogen-bond acceptors (Lipinski definition) is 4. The van der Waals surface area contributed by atoms with E-state index < -0.39 is 10.0 Å². The van der Waals surface area contributed by atoms with Crippen LogP contribution >= 0.6 is 0 Å². The summed E-state index contributed by atoms with van der Waals surface area (Å²) in [5.74, 6) is 0.521. The molecule has 1 amide bonds. The molecule has 1 aliphatic heterocycles. The second-order valence-corrected chi connectivity index (χ2v) is 11.0. The quantitative estimate of drug-likeness (QED) is 0.499. The van der Waals surface area contributed by atoms with Crippen LogP contribution in [0, 0.1) is 19.8 Å². The largest absolute Gasteiger partial charge is 0.489 e. The molecule has 0 saturated carbocycles. The number of benzene rings is 3. The van der Waals surface area contributed by atoms with Gasteiger partial charge in [-0.05, 0) is 61.6 Å². The second-order valence-electron chi connectivity index (χ2n) is 9.09. The van der Waals surface area contributed by atoms with Crippen molar-refractivity contribution >= 4 is 15.9 Å². The topological polar surface area (TPSA) is 75.7 Å². The Morgan fingerprint density at radius 3 is 2.37 bits per heavy atom. The molecule has 1 saturated heterocycles. The third-order valence-electron chi connectivity index (χ3n) is 6.39. The number of carbonyl (C=O) groups is 1. The Balaban J connectivity index is 1.28. The minimum absolute atomic E-state index is 0.0378. The number of aryl methyl sites for hydroxylation is 2. The zero-order valence-corrected chi connectivity index (χ0v) is 21.1. The molecular formula is C28H32N2O4S. The molecule has 35 heavy (non-hydrogen) atoms. The molecule has 0 atom stereocenters. The molecule has 0 bridgehead atoms. The molecular weight excluding hydrogens is 460 g/mol. The molecule has 1 N–H and O–H groups in total. The third-order valence-corrected chi connectivity index (χ3v) is 8.45. The Hall–Kier alpha value is -3.16. The molecule has 4 rings (SSSR count). The van der Waals surface area contributed by atoms with E-state index >= 15 is 0 Å². The van der Waals surface area contributed by atoms with Crippen molar-refractivity contribution in [3.63, 3.8) is 0 Å². The highest BCUT2D eigenvalue weighted by Crippen LogP contribution is 2.26. The SMILES string of the molecule is Cc1ccc(S(=O)(=O)N2CCC(C(=O)NCc3cccc(OCc4ccccc4)c3)CC2)c(C)c1. The van der Waals surface area contributed by atoms with Gasteiger partial charge in [-0.3, -0.25) is 4.79 Å². The smallest absolute Gasteiger partial charge is 0.243 e. The van der Waals surface area contributed by atoms with E-state index in [2.05, 4.69) is 5.32 Å². The van der Waals surface area contributed by atoms with Crippen molar-refractivity contribution in [2.75, 3.05) is 13.1 Å². The van der Waals surface area contributed by atoms with Gasteiger partial charge in [-0.1, -0.05) is 60.2 Å². The van der Waals surface area contributed by atoms with Gasteiger partial charge in [0.05, 0.1) is 4.90 Å². The molecule has 0 unspecified atom stereocenters. The van der Waals surface area contributed by atoms with Crippen molar-refractivity contribution in [1.29, 1.82) is 0 Å². The van der Waals surface area contributed by atoms with Gasteiger partial charge in [0.1, 0.15) is 12.4 Å². The van der Waals surface area contributed by atoms with Gasteiger partial charge >= 0.3 is 0 Å². The number of rotatable bonds is 8. The molecule has 3 aromatic rings. The molecule has 6 nitrogen and oxygen atoms in total. The van der Waals surface area contributed by atoms with E-state index in [0.717, 1.165) is 28.0 Å². The zero-order valence-electron chi connectivity index (χ0n) is 20.2. The van der Waals surface area contributed by atoms with E-state index in [1.165, 1.54) is 4.31 Å². The fraction of sp³-hybridized carbons (Fsp3) is 0.321. The van der Waals surface area contributed by atoms with Gasteiger partial charge < -0.3 is 10.1 Å². The van der Waals surface area contributed by atoms with Gasteiger partial charge in [0.2, 0.25) is 15.9 Å². The summed E-state index contributed by atoms with van der Waals surface area (Å²) in [4.78, 5) is 13.1. The lowest BCUT2D eigenvalue weighted by molar-refractivity contribution is -0.126. The summed E-state index contributed by atoms with van der Waals surface area (Å²) in [5, 5.41) is 3.01. The van der Waals surface area contributed by atoms with Crippen LogP contribution in [0.5, 0.6) is 5.75 Å². The molecule has 0 spiro atoms. The average Bonchev–Trinajstić information content (AvgIpc) is 2.87. The van der Waals surface area contributed by atoms with Crippen LogP contribution in [0.4, 0.5) is 0 Å². The molecule has 1 heterocycles. The Labute approximate surface area is 208 Å².